The Morgan fingerprint density at radius 3 is 1.29 bits per heavy atom. The van der Waals surface area contributed by atoms with E-state index in [1.54, 1.807) is 48.5 Å². The smallest absolute Gasteiger partial charge is 0.207 e. The van der Waals surface area contributed by atoms with E-state index in [0.29, 0.717) is 12.8 Å². The van der Waals surface area contributed by atoms with Crippen LogP contribution in [0.25, 0.3) is 0 Å². The molecular weight excluding hydrogens is 396 g/mol. The Hall–Kier alpha value is -2.00. The average molecular weight is 421 g/mol. The van der Waals surface area contributed by atoms with Gasteiger partial charge in [-0.25, -0.2) is 26.3 Å². The highest BCUT2D eigenvalue weighted by Crippen LogP contribution is 2.19. The van der Waals surface area contributed by atoms with Crippen molar-refractivity contribution >= 4 is 20.0 Å². The minimum absolute atomic E-state index is 0.160. The van der Waals surface area contributed by atoms with Crippen LogP contribution in [0.3, 0.4) is 0 Å². The third kappa shape index (κ3) is 4.88. The Kier molecular flexibility index (Phi) is 6.04. The van der Waals surface area contributed by atoms with Gasteiger partial charge in [0.25, 0.3) is 0 Å². The van der Waals surface area contributed by atoms with E-state index in [1.165, 1.54) is 0 Å². The molecule has 0 aliphatic heterocycles. The molecule has 1 aliphatic rings. The Morgan fingerprint density at radius 2 is 0.964 bits per heavy atom. The molecule has 2 atom stereocenters. The molecule has 0 saturated carbocycles. The number of hydrogen-bond acceptors (Lipinski definition) is 4. The summed E-state index contributed by atoms with van der Waals surface area (Å²) >= 11 is 0. The van der Waals surface area contributed by atoms with E-state index in [1.807, 2.05) is 26.0 Å². The molecule has 28 heavy (non-hydrogen) atoms. The molecule has 2 aromatic carbocycles. The van der Waals surface area contributed by atoms with Crippen LogP contribution in [0.1, 0.15) is 24.0 Å². The zero-order chi connectivity index (χ0) is 20.4. The molecule has 2 N–H and O–H groups in total. The van der Waals surface area contributed by atoms with Gasteiger partial charge in [-0.15, -0.1) is 0 Å². The van der Waals surface area contributed by atoms with E-state index in [-0.39, 0.29) is 9.79 Å². The lowest BCUT2D eigenvalue weighted by atomic mass is 9.98. The lowest BCUT2D eigenvalue weighted by Gasteiger charge is -2.29. The molecule has 0 amide bonds. The van der Waals surface area contributed by atoms with E-state index in [2.05, 4.69) is 9.44 Å². The number of sulfonamides is 2. The van der Waals surface area contributed by atoms with Crippen LogP contribution >= 0.6 is 0 Å². The monoisotopic (exact) mass is 420 g/mol. The predicted octanol–water partition coefficient (Wildman–Crippen LogP) is 2.65. The van der Waals surface area contributed by atoms with Crippen molar-refractivity contribution in [1.82, 2.24) is 9.44 Å². The van der Waals surface area contributed by atoms with E-state index in [4.69, 9.17) is 0 Å². The number of nitrogens with one attached hydrogen (secondary N) is 2. The molecule has 0 spiro atoms. The highest BCUT2D eigenvalue weighted by atomic mass is 32.2. The van der Waals surface area contributed by atoms with Crippen LogP contribution in [0.15, 0.2) is 70.5 Å². The molecule has 6 nitrogen and oxygen atoms in total. The summed E-state index contributed by atoms with van der Waals surface area (Å²) in [6.07, 6.45) is 4.54. The molecule has 2 aromatic rings. The Bertz CT molecular complexity index is 971. The first-order chi connectivity index (χ1) is 13.2. The molecule has 0 unspecified atom stereocenters. The lowest BCUT2D eigenvalue weighted by Crippen LogP contribution is -2.52. The number of rotatable bonds is 6. The summed E-state index contributed by atoms with van der Waals surface area (Å²) in [5, 5.41) is 0. The SMILES string of the molecule is Cc1ccc(S(=O)(=O)N[C@H]2CC=CC[C@H]2NS(=O)(=O)c2ccc(C)cc2)cc1. The fraction of sp³-hybridized carbons (Fsp3) is 0.300. The summed E-state index contributed by atoms with van der Waals surface area (Å²) in [6.45, 7) is 3.76. The summed E-state index contributed by atoms with van der Waals surface area (Å²) in [5.41, 5.74) is 1.92. The van der Waals surface area contributed by atoms with E-state index in [0.717, 1.165) is 11.1 Å². The van der Waals surface area contributed by atoms with Gasteiger partial charge < -0.3 is 0 Å². The molecular formula is C20H24N2O4S2. The maximum absolute atomic E-state index is 12.7. The van der Waals surface area contributed by atoms with Crippen LogP contribution in [-0.2, 0) is 20.0 Å². The molecule has 1 aliphatic carbocycles. The molecule has 0 saturated heterocycles. The molecule has 0 bridgehead atoms. The summed E-state index contributed by atoms with van der Waals surface area (Å²) < 4.78 is 56.2. The fourth-order valence-corrected chi connectivity index (χ4v) is 5.62. The van der Waals surface area contributed by atoms with Gasteiger partial charge in [-0.05, 0) is 51.0 Å². The lowest BCUT2D eigenvalue weighted by molar-refractivity contribution is 0.435. The van der Waals surface area contributed by atoms with Crippen molar-refractivity contribution in [2.45, 2.75) is 48.6 Å². The van der Waals surface area contributed by atoms with Gasteiger partial charge in [-0.2, -0.15) is 0 Å². The zero-order valence-electron chi connectivity index (χ0n) is 15.8. The van der Waals surface area contributed by atoms with Gasteiger partial charge in [-0.3, -0.25) is 0 Å². The predicted molar refractivity (Wildman–Crippen MR) is 109 cm³/mol. The normalized spacial score (nSPS) is 20.2. The molecule has 8 heteroatoms. The van der Waals surface area contributed by atoms with Crippen molar-refractivity contribution in [3.05, 3.63) is 71.8 Å². The van der Waals surface area contributed by atoms with Crippen molar-refractivity contribution in [1.29, 1.82) is 0 Å². The third-order valence-corrected chi connectivity index (χ3v) is 7.72. The maximum Gasteiger partial charge on any atom is 0.240 e. The van der Waals surface area contributed by atoms with Crippen molar-refractivity contribution in [3.8, 4) is 0 Å². The minimum Gasteiger partial charge on any atom is -0.207 e. The van der Waals surface area contributed by atoms with Gasteiger partial charge in [-0.1, -0.05) is 47.5 Å². The van der Waals surface area contributed by atoms with E-state index in [9.17, 15) is 16.8 Å². The summed E-state index contributed by atoms with van der Waals surface area (Å²) in [6, 6.07) is 11.9. The highest BCUT2D eigenvalue weighted by Gasteiger charge is 2.31. The van der Waals surface area contributed by atoms with Crippen molar-refractivity contribution < 1.29 is 16.8 Å². The van der Waals surface area contributed by atoms with Crippen LogP contribution < -0.4 is 9.44 Å². The molecule has 0 radical (unpaired) electrons. The molecule has 0 fully saturated rings. The van der Waals surface area contributed by atoms with Crippen molar-refractivity contribution in [2.75, 3.05) is 0 Å². The Morgan fingerprint density at radius 1 is 0.643 bits per heavy atom. The molecule has 3 rings (SSSR count). The minimum atomic E-state index is -3.75. The first-order valence-electron chi connectivity index (χ1n) is 9.00. The van der Waals surface area contributed by atoms with Crippen LogP contribution in [0.4, 0.5) is 0 Å². The second-order valence-corrected chi connectivity index (χ2v) is 10.5. The second kappa shape index (κ2) is 8.16. The van der Waals surface area contributed by atoms with Crippen LogP contribution in [-0.4, -0.2) is 28.9 Å². The van der Waals surface area contributed by atoms with E-state index >= 15 is 0 Å². The zero-order valence-corrected chi connectivity index (χ0v) is 17.4. The number of benzene rings is 2. The molecule has 0 aromatic heterocycles. The summed E-state index contributed by atoms with van der Waals surface area (Å²) in [5.74, 6) is 0. The van der Waals surface area contributed by atoms with Crippen molar-refractivity contribution in [2.24, 2.45) is 0 Å². The van der Waals surface area contributed by atoms with Gasteiger partial charge in [0.1, 0.15) is 0 Å². The third-order valence-electron chi connectivity index (χ3n) is 4.71. The van der Waals surface area contributed by atoms with Gasteiger partial charge >= 0.3 is 0 Å². The van der Waals surface area contributed by atoms with E-state index < -0.39 is 32.1 Å². The first-order valence-corrected chi connectivity index (χ1v) is 12.0. The van der Waals surface area contributed by atoms with Crippen LogP contribution in [0.2, 0.25) is 0 Å². The fourth-order valence-electron chi connectivity index (χ4n) is 3.04. The van der Waals surface area contributed by atoms with Crippen molar-refractivity contribution in [3.63, 3.8) is 0 Å². The average Bonchev–Trinajstić information content (AvgIpc) is 2.64. The number of hydrogen-bond donors (Lipinski definition) is 2. The quantitative estimate of drug-likeness (QED) is 0.703. The topological polar surface area (TPSA) is 92.3 Å². The second-order valence-electron chi connectivity index (χ2n) is 7.02. The molecule has 150 valence electrons. The van der Waals surface area contributed by atoms with Gasteiger partial charge in [0, 0.05) is 12.1 Å². The first kappa shape index (κ1) is 20.7. The maximum atomic E-state index is 12.7. The van der Waals surface area contributed by atoms with Gasteiger partial charge in [0.15, 0.2) is 0 Å². The highest BCUT2D eigenvalue weighted by molar-refractivity contribution is 7.90. The van der Waals surface area contributed by atoms with Gasteiger partial charge in [0.05, 0.1) is 9.79 Å². The van der Waals surface area contributed by atoms with Gasteiger partial charge in [0.2, 0.25) is 20.0 Å². The standard InChI is InChI=1S/C20H24N2O4S2/c1-15-7-11-17(12-8-15)27(23,24)21-19-5-3-4-6-20(19)22-28(25,26)18-13-9-16(2)10-14-18/h3-4,7-14,19-22H,5-6H2,1-2H3/t19-,20+. The Labute approximate surface area is 166 Å². The van der Waals surface area contributed by atoms with Crippen LogP contribution in [0, 0.1) is 13.8 Å². The molecule has 0 heterocycles. The van der Waals surface area contributed by atoms with Crippen LogP contribution in [0.5, 0.6) is 0 Å². The number of aryl methyl sites for hydroxylation is 2. The largest absolute Gasteiger partial charge is 0.240 e. The Balaban J connectivity index is 1.80. The summed E-state index contributed by atoms with van der Waals surface area (Å²) in [4.78, 5) is 0.320. The summed E-state index contributed by atoms with van der Waals surface area (Å²) in [7, 11) is -7.51.